The van der Waals surface area contributed by atoms with E-state index < -0.39 is 0 Å². The van der Waals surface area contributed by atoms with Crippen molar-refractivity contribution in [2.24, 2.45) is 23.7 Å². The fourth-order valence-electron chi connectivity index (χ4n) is 5.68. The van der Waals surface area contributed by atoms with Crippen molar-refractivity contribution in [3.05, 3.63) is 24.9 Å². The van der Waals surface area contributed by atoms with E-state index in [0.717, 1.165) is 54.4 Å². The first kappa shape index (κ1) is 18.9. The summed E-state index contributed by atoms with van der Waals surface area (Å²) in [6.07, 6.45) is 16.7. The molecular formula is C23H32N6O. The van der Waals surface area contributed by atoms with Gasteiger partial charge in [-0.2, -0.15) is 0 Å². The largest absolute Gasteiger partial charge is 0.376 e. The van der Waals surface area contributed by atoms with Crippen LogP contribution in [0.4, 0.5) is 0 Å². The van der Waals surface area contributed by atoms with E-state index in [1.54, 1.807) is 18.7 Å². The fraction of sp³-hybridized carbons (Fsp3) is 0.739. The molecule has 0 aromatic carbocycles. The zero-order valence-electron chi connectivity index (χ0n) is 17.6. The minimum atomic E-state index is 0.247. The van der Waals surface area contributed by atoms with Crippen molar-refractivity contribution in [1.82, 2.24) is 29.9 Å². The minimum Gasteiger partial charge on any atom is -0.376 e. The minimum absolute atomic E-state index is 0.247. The third-order valence-corrected chi connectivity index (χ3v) is 7.85. The molecule has 7 nitrogen and oxygen atoms in total. The molecule has 30 heavy (non-hydrogen) atoms. The summed E-state index contributed by atoms with van der Waals surface area (Å²) < 4.78 is 8.59. The first-order valence-corrected chi connectivity index (χ1v) is 11.8. The molecule has 0 amide bonds. The summed E-state index contributed by atoms with van der Waals surface area (Å²) in [5.74, 6) is 3.27. The van der Waals surface area contributed by atoms with Gasteiger partial charge >= 0.3 is 0 Å². The number of fused-ring (bicyclic) bond motifs is 1. The van der Waals surface area contributed by atoms with E-state index in [4.69, 9.17) is 4.74 Å². The Kier molecular flexibility index (Phi) is 5.03. The average Bonchev–Trinajstić information content (AvgIpc) is 3.29. The Balaban J connectivity index is 1.19. The van der Waals surface area contributed by atoms with Crippen molar-refractivity contribution in [2.75, 3.05) is 26.2 Å². The van der Waals surface area contributed by atoms with Crippen LogP contribution < -0.4 is 0 Å². The van der Waals surface area contributed by atoms with Crippen LogP contribution in [-0.2, 0) is 4.74 Å². The van der Waals surface area contributed by atoms with E-state index in [1.807, 2.05) is 0 Å². The van der Waals surface area contributed by atoms with Gasteiger partial charge in [0.05, 0.1) is 18.3 Å². The molecule has 1 saturated heterocycles. The molecule has 3 aliphatic carbocycles. The van der Waals surface area contributed by atoms with Gasteiger partial charge in [0.1, 0.15) is 12.0 Å². The molecule has 2 aromatic rings. The number of hydrogen-bond donors (Lipinski definition) is 0. The van der Waals surface area contributed by atoms with Gasteiger partial charge in [0.2, 0.25) is 0 Å². The summed E-state index contributed by atoms with van der Waals surface area (Å²) in [6, 6.07) is 0.277. The van der Waals surface area contributed by atoms with Gasteiger partial charge < -0.3 is 9.64 Å². The van der Waals surface area contributed by atoms with Crippen molar-refractivity contribution in [3.8, 4) is 11.3 Å². The zero-order chi connectivity index (χ0) is 19.9. The monoisotopic (exact) mass is 408 g/mol. The SMILES string of the molecule is c1ncc(-c2cn([C@@H]3C[C@@H]4CN(CC5CCC5)C[C@@H]4C[C@H]3OCC3CC3)nn2)cn1. The normalized spacial score (nSPS) is 32.1. The molecule has 0 radical (unpaired) electrons. The lowest BCUT2D eigenvalue weighted by Crippen LogP contribution is -2.38. The Hall–Kier alpha value is -1.86. The third kappa shape index (κ3) is 3.89. The Morgan fingerprint density at radius 1 is 0.967 bits per heavy atom. The first-order valence-electron chi connectivity index (χ1n) is 11.8. The number of likely N-dealkylation sites (tertiary alicyclic amines) is 1. The highest BCUT2D eigenvalue weighted by molar-refractivity contribution is 5.54. The van der Waals surface area contributed by atoms with Crippen molar-refractivity contribution < 1.29 is 4.74 Å². The topological polar surface area (TPSA) is 69.0 Å². The number of ether oxygens (including phenoxy) is 1. The van der Waals surface area contributed by atoms with Gasteiger partial charge in [0, 0.05) is 44.2 Å². The van der Waals surface area contributed by atoms with Crippen molar-refractivity contribution >= 4 is 0 Å². The highest BCUT2D eigenvalue weighted by atomic mass is 16.5. The van der Waals surface area contributed by atoms with Crippen LogP contribution in [-0.4, -0.2) is 62.2 Å². The standard InChI is InChI=1S/C23H32N6O/c1-2-16(3-1)10-28-11-18-6-22(23(7-19(18)12-28)30-14-17-4-5-17)29-13-21(26-27-29)20-8-24-15-25-9-20/h8-9,13,15-19,22-23H,1-7,10-12,14H2/t18-,19+,22-,23-/m1/s1. The van der Waals surface area contributed by atoms with Gasteiger partial charge in [-0.3, -0.25) is 0 Å². The van der Waals surface area contributed by atoms with Gasteiger partial charge in [-0.05, 0) is 62.2 Å². The van der Waals surface area contributed by atoms with E-state index in [2.05, 4.69) is 36.1 Å². The van der Waals surface area contributed by atoms with Crippen LogP contribution in [0.3, 0.4) is 0 Å². The van der Waals surface area contributed by atoms with Crippen LogP contribution >= 0.6 is 0 Å². The van der Waals surface area contributed by atoms with Crippen LogP contribution in [0.25, 0.3) is 11.3 Å². The molecule has 0 bridgehead atoms. The third-order valence-electron chi connectivity index (χ3n) is 7.85. The second kappa shape index (κ2) is 8.00. The van der Waals surface area contributed by atoms with Crippen LogP contribution in [0.2, 0.25) is 0 Å². The lowest BCUT2D eigenvalue weighted by atomic mass is 9.77. The van der Waals surface area contributed by atoms with Crippen LogP contribution in [0.1, 0.15) is 51.0 Å². The molecule has 4 atom stereocenters. The summed E-state index contributed by atoms with van der Waals surface area (Å²) in [7, 11) is 0. The Labute approximate surface area is 178 Å². The molecule has 4 fully saturated rings. The van der Waals surface area contributed by atoms with Crippen LogP contribution in [0.15, 0.2) is 24.9 Å². The predicted octanol–water partition coefficient (Wildman–Crippen LogP) is 3.21. The second-order valence-corrected chi connectivity index (χ2v) is 10.1. The predicted molar refractivity (Wildman–Crippen MR) is 113 cm³/mol. The van der Waals surface area contributed by atoms with Crippen molar-refractivity contribution in [2.45, 2.75) is 57.1 Å². The summed E-state index contributed by atoms with van der Waals surface area (Å²) in [5.41, 5.74) is 1.76. The maximum absolute atomic E-state index is 6.51. The maximum Gasteiger partial charge on any atom is 0.116 e. The van der Waals surface area contributed by atoms with Gasteiger partial charge in [-0.1, -0.05) is 11.6 Å². The summed E-state index contributed by atoms with van der Waals surface area (Å²) >= 11 is 0. The summed E-state index contributed by atoms with van der Waals surface area (Å²) in [5, 5.41) is 8.96. The molecule has 4 aliphatic rings. The van der Waals surface area contributed by atoms with E-state index in [0.29, 0.717) is 0 Å². The Bertz CT molecular complexity index is 848. The molecule has 160 valence electrons. The lowest BCUT2D eigenvalue weighted by Gasteiger charge is -2.37. The van der Waals surface area contributed by atoms with Gasteiger partial charge in [-0.25, -0.2) is 14.6 Å². The molecule has 3 saturated carbocycles. The number of aromatic nitrogens is 5. The highest BCUT2D eigenvalue weighted by Crippen LogP contribution is 2.44. The molecule has 0 N–H and O–H groups in total. The van der Waals surface area contributed by atoms with Gasteiger partial charge in [0.15, 0.2) is 0 Å². The average molecular weight is 409 g/mol. The van der Waals surface area contributed by atoms with Crippen molar-refractivity contribution in [3.63, 3.8) is 0 Å². The fourth-order valence-corrected chi connectivity index (χ4v) is 5.68. The maximum atomic E-state index is 6.51. The number of nitrogens with zero attached hydrogens (tertiary/aromatic N) is 6. The van der Waals surface area contributed by atoms with E-state index >= 15 is 0 Å². The summed E-state index contributed by atoms with van der Waals surface area (Å²) in [6.45, 7) is 4.74. The van der Waals surface area contributed by atoms with E-state index in [1.165, 1.54) is 51.7 Å². The smallest absolute Gasteiger partial charge is 0.116 e. The van der Waals surface area contributed by atoms with E-state index in [-0.39, 0.29) is 12.1 Å². The Morgan fingerprint density at radius 3 is 2.50 bits per heavy atom. The van der Waals surface area contributed by atoms with Gasteiger partial charge in [-0.15, -0.1) is 5.10 Å². The molecule has 7 heteroatoms. The number of hydrogen-bond acceptors (Lipinski definition) is 6. The van der Waals surface area contributed by atoms with Crippen LogP contribution in [0, 0.1) is 23.7 Å². The van der Waals surface area contributed by atoms with Gasteiger partial charge in [0.25, 0.3) is 0 Å². The summed E-state index contributed by atoms with van der Waals surface area (Å²) in [4.78, 5) is 11.0. The Morgan fingerprint density at radius 2 is 1.77 bits per heavy atom. The second-order valence-electron chi connectivity index (χ2n) is 10.1. The zero-order valence-corrected chi connectivity index (χ0v) is 17.6. The molecule has 2 aromatic heterocycles. The molecule has 0 spiro atoms. The quantitative estimate of drug-likeness (QED) is 0.701. The van der Waals surface area contributed by atoms with E-state index in [9.17, 15) is 0 Å². The van der Waals surface area contributed by atoms with Crippen molar-refractivity contribution in [1.29, 1.82) is 0 Å². The molecule has 0 unspecified atom stereocenters. The lowest BCUT2D eigenvalue weighted by molar-refractivity contribution is -0.0375. The molecule has 1 aliphatic heterocycles. The first-order chi connectivity index (χ1) is 14.8. The molecular weight excluding hydrogens is 376 g/mol. The molecule has 6 rings (SSSR count). The number of rotatable bonds is 7. The highest BCUT2D eigenvalue weighted by Gasteiger charge is 2.44. The molecule has 3 heterocycles. The van der Waals surface area contributed by atoms with Crippen LogP contribution in [0.5, 0.6) is 0 Å².